The maximum Gasteiger partial charge on any atom is 0.256 e. The summed E-state index contributed by atoms with van der Waals surface area (Å²) < 4.78 is 5.22. The smallest absolute Gasteiger partial charge is 0.256 e. The number of aromatic amines is 1. The number of benzene rings is 1. The highest BCUT2D eigenvalue weighted by Gasteiger charge is 2.29. The fourth-order valence-corrected chi connectivity index (χ4v) is 3.27. The summed E-state index contributed by atoms with van der Waals surface area (Å²) in [6.07, 6.45) is 4.37. The van der Waals surface area contributed by atoms with Crippen molar-refractivity contribution >= 4 is 16.8 Å². The van der Waals surface area contributed by atoms with E-state index in [1.807, 2.05) is 30.0 Å². The van der Waals surface area contributed by atoms with Crippen molar-refractivity contribution in [2.24, 2.45) is 0 Å². The number of aromatic nitrogens is 4. The number of likely N-dealkylation sites (tertiary alicyclic amines) is 1. The van der Waals surface area contributed by atoms with Crippen LogP contribution < -0.4 is 0 Å². The minimum absolute atomic E-state index is 0.0220. The van der Waals surface area contributed by atoms with Crippen LogP contribution in [0, 0.1) is 0 Å². The molecule has 2 aromatic heterocycles. The van der Waals surface area contributed by atoms with Gasteiger partial charge in [-0.1, -0.05) is 24.2 Å². The maximum absolute atomic E-state index is 13.0. The molecular formula is C17H19N5O2. The van der Waals surface area contributed by atoms with E-state index in [4.69, 9.17) is 4.52 Å². The Bertz CT molecular complexity index is 869. The Morgan fingerprint density at radius 1 is 1.46 bits per heavy atom. The van der Waals surface area contributed by atoms with Crippen molar-refractivity contribution in [3.8, 4) is 0 Å². The van der Waals surface area contributed by atoms with Gasteiger partial charge < -0.3 is 9.42 Å². The Morgan fingerprint density at radius 2 is 2.38 bits per heavy atom. The number of piperidine rings is 1. The summed E-state index contributed by atoms with van der Waals surface area (Å²) in [5.74, 6) is 1.52. The van der Waals surface area contributed by atoms with Crippen LogP contribution in [0.5, 0.6) is 0 Å². The maximum atomic E-state index is 13.0. The second-order valence-corrected chi connectivity index (χ2v) is 6.13. The number of carbonyl (C=O) groups is 1. The van der Waals surface area contributed by atoms with Crippen molar-refractivity contribution in [3.63, 3.8) is 0 Å². The van der Waals surface area contributed by atoms with Crippen molar-refractivity contribution in [2.75, 3.05) is 13.1 Å². The van der Waals surface area contributed by atoms with E-state index in [1.165, 1.54) is 0 Å². The molecule has 7 nitrogen and oxygen atoms in total. The molecule has 0 spiro atoms. The van der Waals surface area contributed by atoms with Gasteiger partial charge in [-0.25, -0.2) is 0 Å². The Kier molecular flexibility index (Phi) is 3.76. The lowest BCUT2D eigenvalue weighted by Crippen LogP contribution is -2.39. The van der Waals surface area contributed by atoms with Gasteiger partial charge in [0.25, 0.3) is 5.91 Å². The molecule has 1 N–H and O–H groups in total. The third-order valence-corrected chi connectivity index (χ3v) is 4.57. The average Bonchev–Trinajstić information content (AvgIpc) is 3.30. The van der Waals surface area contributed by atoms with Crippen LogP contribution in [-0.4, -0.2) is 44.2 Å². The lowest BCUT2D eigenvalue weighted by molar-refractivity contribution is 0.0705. The zero-order chi connectivity index (χ0) is 16.5. The molecule has 0 saturated carbocycles. The highest BCUT2D eigenvalue weighted by molar-refractivity contribution is 6.05. The van der Waals surface area contributed by atoms with E-state index in [9.17, 15) is 4.79 Å². The highest BCUT2D eigenvalue weighted by atomic mass is 16.5. The molecule has 7 heteroatoms. The molecule has 1 fully saturated rings. The SMILES string of the molecule is CCc1nc([C@H]2CCCN(C(=O)c3cccc4cn[nH]c34)C2)no1. The van der Waals surface area contributed by atoms with Gasteiger partial charge in [0.1, 0.15) is 0 Å². The molecular weight excluding hydrogens is 306 g/mol. The van der Waals surface area contributed by atoms with Gasteiger partial charge in [-0.05, 0) is 18.9 Å². The minimum atomic E-state index is 0.0220. The number of rotatable bonds is 3. The number of carbonyl (C=O) groups excluding carboxylic acids is 1. The number of H-pyrrole nitrogens is 1. The van der Waals surface area contributed by atoms with Gasteiger partial charge >= 0.3 is 0 Å². The van der Waals surface area contributed by atoms with Crippen LogP contribution in [0.4, 0.5) is 0 Å². The first-order valence-corrected chi connectivity index (χ1v) is 8.30. The first kappa shape index (κ1) is 14.9. The lowest BCUT2D eigenvalue weighted by atomic mass is 9.96. The monoisotopic (exact) mass is 325 g/mol. The predicted octanol–water partition coefficient (Wildman–Crippen LogP) is 2.53. The molecule has 1 atom stereocenters. The number of nitrogens with zero attached hydrogens (tertiary/aromatic N) is 4. The van der Waals surface area contributed by atoms with Gasteiger partial charge in [0.2, 0.25) is 5.89 Å². The van der Waals surface area contributed by atoms with Crippen LogP contribution in [0.25, 0.3) is 10.9 Å². The summed E-state index contributed by atoms with van der Waals surface area (Å²) in [7, 11) is 0. The molecule has 1 aromatic carbocycles. The number of amides is 1. The number of hydrogen-bond acceptors (Lipinski definition) is 5. The summed E-state index contributed by atoms with van der Waals surface area (Å²) in [6, 6.07) is 5.68. The largest absolute Gasteiger partial charge is 0.339 e. The molecule has 124 valence electrons. The Hall–Kier alpha value is -2.70. The minimum Gasteiger partial charge on any atom is -0.339 e. The zero-order valence-corrected chi connectivity index (χ0v) is 13.5. The average molecular weight is 325 g/mol. The third-order valence-electron chi connectivity index (χ3n) is 4.57. The molecule has 0 radical (unpaired) electrons. The molecule has 1 saturated heterocycles. The molecule has 1 aliphatic rings. The fraction of sp³-hybridized carbons (Fsp3) is 0.412. The van der Waals surface area contributed by atoms with Crippen molar-refractivity contribution in [1.29, 1.82) is 0 Å². The van der Waals surface area contributed by atoms with Crippen LogP contribution in [0.15, 0.2) is 28.9 Å². The second-order valence-electron chi connectivity index (χ2n) is 6.13. The van der Waals surface area contributed by atoms with Crippen LogP contribution in [0.3, 0.4) is 0 Å². The van der Waals surface area contributed by atoms with E-state index in [0.717, 1.165) is 36.7 Å². The van der Waals surface area contributed by atoms with Crippen molar-refractivity contribution in [2.45, 2.75) is 32.1 Å². The fourth-order valence-electron chi connectivity index (χ4n) is 3.27. The van der Waals surface area contributed by atoms with E-state index in [-0.39, 0.29) is 11.8 Å². The van der Waals surface area contributed by atoms with Gasteiger partial charge in [0.15, 0.2) is 5.82 Å². The van der Waals surface area contributed by atoms with Crippen molar-refractivity contribution < 1.29 is 9.32 Å². The third kappa shape index (κ3) is 2.55. The Labute approximate surface area is 139 Å². The zero-order valence-electron chi connectivity index (χ0n) is 13.5. The van der Waals surface area contributed by atoms with Crippen LogP contribution in [0.1, 0.15) is 47.8 Å². The normalized spacial score (nSPS) is 18.2. The highest BCUT2D eigenvalue weighted by Crippen LogP contribution is 2.27. The number of hydrogen-bond donors (Lipinski definition) is 1. The Morgan fingerprint density at radius 3 is 3.21 bits per heavy atom. The van der Waals surface area contributed by atoms with Crippen molar-refractivity contribution in [3.05, 3.63) is 41.7 Å². The molecule has 1 amide bonds. The van der Waals surface area contributed by atoms with E-state index in [0.29, 0.717) is 23.8 Å². The predicted molar refractivity (Wildman–Crippen MR) is 87.6 cm³/mol. The summed E-state index contributed by atoms with van der Waals surface area (Å²) in [5.41, 5.74) is 1.45. The standard InChI is InChI=1S/C17H19N5O2/c1-2-14-19-16(21-24-14)12-6-4-8-22(10-12)17(23)13-7-3-5-11-9-18-20-15(11)13/h3,5,7,9,12H,2,4,6,8,10H2,1H3,(H,18,20)/t12-/m0/s1. The van der Waals surface area contributed by atoms with Crippen molar-refractivity contribution in [1.82, 2.24) is 25.2 Å². The van der Waals surface area contributed by atoms with Crippen LogP contribution in [0.2, 0.25) is 0 Å². The van der Waals surface area contributed by atoms with Crippen LogP contribution >= 0.6 is 0 Å². The van der Waals surface area contributed by atoms with Gasteiger partial charge in [0, 0.05) is 30.8 Å². The number of nitrogens with one attached hydrogen (secondary N) is 1. The van der Waals surface area contributed by atoms with E-state index in [2.05, 4.69) is 20.3 Å². The number of aryl methyl sites for hydroxylation is 1. The van der Waals surface area contributed by atoms with Crippen LogP contribution in [-0.2, 0) is 6.42 Å². The molecule has 24 heavy (non-hydrogen) atoms. The molecule has 0 aliphatic carbocycles. The summed E-state index contributed by atoms with van der Waals surface area (Å²) >= 11 is 0. The first-order chi connectivity index (χ1) is 11.8. The molecule has 3 heterocycles. The summed E-state index contributed by atoms with van der Waals surface area (Å²) in [4.78, 5) is 19.3. The molecule has 0 unspecified atom stereocenters. The molecule has 1 aliphatic heterocycles. The topological polar surface area (TPSA) is 87.9 Å². The van der Waals surface area contributed by atoms with Gasteiger partial charge in [-0.2, -0.15) is 10.1 Å². The van der Waals surface area contributed by atoms with E-state index >= 15 is 0 Å². The molecule has 3 aromatic rings. The summed E-state index contributed by atoms with van der Waals surface area (Å²) in [5, 5.41) is 12.0. The van der Waals surface area contributed by atoms with Gasteiger partial charge in [0.05, 0.1) is 17.3 Å². The number of fused-ring (bicyclic) bond motifs is 1. The Balaban J connectivity index is 1.57. The lowest BCUT2D eigenvalue weighted by Gasteiger charge is -2.31. The number of para-hydroxylation sites is 1. The quantitative estimate of drug-likeness (QED) is 0.799. The summed E-state index contributed by atoms with van der Waals surface area (Å²) in [6.45, 7) is 3.35. The van der Waals surface area contributed by atoms with E-state index < -0.39 is 0 Å². The van der Waals surface area contributed by atoms with Gasteiger partial charge in [-0.3, -0.25) is 9.89 Å². The van der Waals surface area contributed by atoms with E-state index in [1.54, 1.807) is 6.20 Å². The first-order valence-electron chi connectivity index (χ1n) is 8.30. The molecule has 4 rings (SSSR count). The molecule has 0 bridgehead atoms. The second kappa shape index (κ2) is 6.07. The van der Waals surface area contributed by atoms with Gasteiger partial charge in [-0.15, -0.1) is 0 Å².